The third kappa shape index (κ3) is 2.91. The van der Waals surface area contributed by atoms with Crippen LogP contribution in [-0.2, 0) is 13.5 Å². The maximum atomic E-state index is 4.19. The highest BCUT2D eigenvalue weighted by Crippen LogP contribution is 2.10. The molecule has 0 aliphatic heterocycles. The second-order valence-corrected chi connectivity index (χ2v) is 3.70. The van der Waals surface area contributed by atoms with Gasteiger partial charge in [0.15, 0.2) is 5.69 Å². The molecule has 0 saturated heterocycles. The lowest BCUT2D eigenvalue weighted by Crippen LogP contribution is -3.00. The van der Waals surface area contributed by atoms with Gasteiger partial charge in [-0.05, 0) is 12.2 Å². The number of thiol groups is 1. The molecule has 0 fully saturated rings. The van der Waals surface area contributed by atoms with E-state index in [0.717, 1.165) is 12.2 Å². The van der Waals surface area contributed by atoms with Crippen molar-refractivity contribution < 1.29 is 28.5 Å². The lowest BCUT2D eigenvalue weighted by Gasteiger charge is -1.88. The molecular formula is C7H12INS2. The van der Waals surface area contributed by atoms with E-state index < -0.39 is 0 Å². The van der Waals surface area contributed by atoms with E-state index in [1.807, 2.05) is 11.3 Å². The number of aromatic nitrogens is 1. The van der Waals surface area contributed by atoms with Gasteiger partial charge in [0, 0.05) is 6.92 Å². The van der Waals surface area contributed by atoms with E-state index in [9.17, 15) is 0 Å². The van der Waals surface area contributed by atoms with E-state index in [2.05, 4.69) is 36.7 Å². The molecule has 0 saturated carbocycles. The van der Waals surface area contributed by atoms with Crippen LogP contribution in [0.15, 0.2) is 5.51 Å². The molecule has 1 nitrogen and oxygen atoms in total. The molecule has 1 rings (SSSR count). The van der Waals surface area contributed by atoms with Gasteiger partial charge in [-0.25, -0.2) is 0 Å². The Morgan fingerprint density at radius 1 is 1.64 bits per heavy atom. The van der Waals surface area contributed by atoms with Crippen LogP contribution in [0.3, 0.4) is 0 Å². The van der Waals surface area contributed by atoms with E-state index >= 15 is 0 Å². The van der Waals surface area contributed by atoms with Crippen molar-refractivity contribution in [2.24, 2.45) is 7.05 Å². The molecular weight excluding hydrogens is 289 g/mol. The smallest absolute Gasteiger partial charge is 0.224 e. The van der Waals surface area contributed by atoms with Crippen LogP contribution in [0.25, 0.3) is 0 Å². The Labute approximate surface area is 94.3 Å². The standard InChI is InChI=1S/C7H11NS2.HI/c1-6-7(3-4-9)10-5-8(6)2;/h5H,3-4H2,1-2H3;1H. The molecule has 0 bridgehead atoms. The van der Waals surface area contributed by atoms with Crippen molar-refractivity contribution in [3.63, 3.8) is 0 Å². The number of nitrogens with zero attached hydrogens (tertiary/aromatic N) is 1. The van der Waals surface area contributed by atoms with Crippen LogP contribution in [0.1, 0.15) is 10.6 Å². The van der Waals surface area contributed by atoms with Crippen molar-refractivity contribution in [1.82, 2.24) is 0 Å². The van der Waals surface area contributed by atoms with Crippen LogP contribution in [0.2, 0.25) is 0 Å². The van der Waals surface area contributed by atoms with Gasteiger partial charge in [-0.3, -0.25) is 0 Å². The van der Waals surface area contributed by atoms with Gasteiger partial charge in [-0.1, -0.05) is 11.3 Å². The van der Waals surface area contributed by atoms with Crippen molar-refractivity contribution in [3.05, 3.63) is 16.1 Å². The van der Waals surface area contributed by atoms with Crippen LogP contribution in [-0.4, -0.2) is 5.75 Å². The Bertz CT molecular complexity index is 222. The summed E-state index contributed by atoms with van der Waals surface area (Å²) >= 11 is 6.00. The zero-order valence-corrected chi connectivity index (χ0v) is 10.5. The number of aryl methyl sites for hydroxylation is 2. The zero-order chi connectivity index (χ0) is 7.56. The van der Waals surface area contributed by atoms with E-state index in [1.165, 1.54) is 10.6 Å². The molecule has 0 amide bonds. The molecule has 0 aromatic carbocycles. The maximum Gasteiger partial charge on any atom is 0.224 e. The summed E-state index contributed by atoms with van der Waals surface area (Å²) in [5, 5.41) is 0. The topological polar surface area (TPSA) is 3.88 Å². The molecule has 0 aliphatic carbocycles. The van der Waals surface area contributed by atoms with E-state index in [-0.39, 0.29) is 24.0 Å². The fourth-order valence-electron chi connectivity index (χ4n) is 0.845. The Balaban J connectivity index is 0.000001000. The van der Waals surface area contributed by atoms with Gasteiger partial charge in [0.25, 0.3) is 0 Å². The first-order chi connectivity index (χ1) is 4.75. The third-order valence-corrected chi connectivity index (χ3v) is 3.05. The summed E-state index contributed by atoms with van der Waals surface area (Å²) in [6, 6.07) is 0. The van der Waals surface area contributed by atoms with Gasteiger partial charge in [-0.2, -0.15) is 17.2 Å². The summed E-state index contributed by atoms with van der Waals surface area (Å²) in [6.07, 6.45) is 1.10. The molecule has 0 aliphatic rings. The van der Waals surface area contributed by atoms with Gasteiger partial charge in [0.1, 0.15) is 7.05 Å². The summed E-state index contributed by atoms with van der Waals surface area (Å²) in [5.74, 6) is 0.946. The predicted molar refractivity (Wildman–Crippen MR) is 47.8 cm³/mol. The second kappa shape index (κ2) is 5.37. The summed E-state index contributed by atoms with van der Waals surface area (Å²) in [7, 11) is 2.08. The van der Waals surface area contributed by atoms with E-state index in [0.29, 0.717) is 0 Å². The molecule has 0 unspecified atom stereocenters. The molecule has 0 spiro atoms. The number of halogens is 1. The summed E-state index contributed by atoms with van der Waals surface area (Å²) in [5.41, 5.74) is 3.51. The summed E-state index contributed by atoms with van der Waals surface area (Å²) in [6.45, 7) is 2.15. The van der Waals surface area contributed by atoms with Crippen molar-refractivity contribution in [3.8, 4) is 0 Å². The van der Waals surface area contributed by atoms with Gasteiger partial charge >= 0.3 is 0 Å². The average molecular weight is 301 g/mol. The van der Waals surface area contributed by atoms with Crippen LogP contribution in [0.5, 0.6) is 0 Å². The molecule has 1 aromatic heterocycles. The zero-order valence-electron chi connectivity index (χ0n) is 6.67. The fourth-order valence-corrected chi connectivity index (χ4v) is 2.20. The van der Waals surface area contributed by atoms with Crippen LogP contribution >= 0.6 is 24.0 Å². The fraction of sp³-hybridized carbons (Fsp3) is 0.571. The number of rotatable bonds is 2. The van der Waals surface area contributed by atoms with Crippen molar-refractivity contribution in [1.29, 1.82) is 0 Å². The first-order valence-electron chi connectivity index (χ1n) is 3.29. The highest BCUT2D eigenvalue weighted by atomic mass is 127. The molecule has 0 N–H and O–H groups in total. The summed E-state index contributed by atoms with van der Waals surface area (Å²) < 4.78 is 2.16. The lowest BCUT2D eigenvalue weighted by molar-refractivity contribution is -0.672. The lowest BCUT2D eigenvalue weighted by atomic mass is 10.3. The summed E-state index contributed by atoms with van der Waals surface area (Å²) in [4.78, 5) is 1.46. The van der Waals surface area contributed by atoms with Gasteiger partial charge in [0.05, 0.1) is 4.88 Å². The van der Waals surface area contributed by atoms with Gasteiger partial charge < -0.3 is 24.0 Å². The molecule has 0 atom stereocenters. The van der Waals surface area contributed by atoms with Crippen LogP contribution < -0.4 is 28.5 Å². The van der Waals surface area contributed by atoms with Gasteiger partial charge in [0.2, 0.25) is 5.51 Å². The molecule has 1 aromatic rings. The molecule has 11 heavy (non-hydrogen) atoms. The maximum absolute atomic E-state index is 4.19. The Morgan fingerprint density at radius 2 is 2.27 bits per heavy atom. The van der Waals surface area contributed by atoms with Crippen molar-refractivity contribution in [2.75, 3.05) is 5.75 Å². The molecule has 1 heterocycles. The highest BCUT2D eigenvalue weighted by molar-refractivity contribution is 7.80. The normalized spacial score (nSPS) is 9.36. The Hall–Kier alpha value is 0.710. The largest absolute Gasteiger partial charge is 1.00 e. The van der Waals surface area contributed by atoms with Crippen LogP contribution in [0.4, 0.5) is 0 Å². The molecule has 4 heteroatoms. The van der Waals surface area contributed by atoms with Gasteiger partial charge in [-0.15, -0.1) is 0 Å². The highest BCUT2D eigenvalue weighted by Gasteiger charge is 2.09. The Kier molecular flexibility index (Phi) is 5.72. The predicted octanol–water partition coefficient (Wildman–Crippen LogP) is -1.64. The molecule has 0 radical (unpaired) electrons. The first-order valence-corrected chi connectivity index (χ1v) is 4.80. The minimum absolute atomic E-state index is 0. The first kappa shape index (κ1) is 11.7. The second-order valence-electron chi connectivity index (χ2n) is 2.32. The van der Waals surface area contributed by atoms with Crippen molar-refractivity contribution in [2.45, 2.75) is 13.3 Å². The molecule has 64 valence electrons. The monoisotopic (exact) mass is 301 g/mol. The Morgan fingerprint density at radius 3 is 2.64 bits per heavy atom. The quantitative estimate of drug-likeness (QED) is 0.379. The average Bonchev–Trinajstić information content (AvgIpc) is 2.20. The number of hydrogen-bond acceptors (Lipinski definition) is 2. The van der Waals surface area contributed by atoms with E-state index in [1.54, 1.807) is 0 Å². The number of hydrogen-bond donors (Lipinski definition) is 1. The SMILES string of the molecule is Cc1c(CCS)sc[n+]1C.[I-]. The third-order valence-electron chi connectivity index (χ3n) is 1.62. The van der Waals surface area contributed by atoms with Crippen molar-refractivity contribution >= 4 is 24.0 Å². The minimum Gasteiger partial charge on any atom is -1.00 e. The van der Waals surface area contributed by atoms with E-state index in [4.69, 9.17) is 0 Å². The van der Waals surface area contributed by atoms with Crippen LogP contribution in [0, 0.1) is 6.92 Å². The minimum atomic E-state index is 0. The number of thiazole rings is 1.